The molecule has 0 aromatic rings. The van der Waals surface area contributed by atoms with E-state index in [4.69, 9.17) is 9.84 Å². The zero-order valence-electron chi connectivity index (χ0n) is 13.4. The van der Waals surface area contributed by atoms with E-state index in [9.17, 15) is 4.79 Å². The Kier molecular flexibility index (Phi) is 9.68. The van der Waals surface area contributed by atoms with Gasteiger partial charge in [0.15, 0.2) is 6.10 Å². The molecule has 120 valence electrons. The molecule has 1 rings (SSSR count). The fourth-order valence-electron chi connectivity index (χ4n) is 2.39. The lowest BCUT2D eigenvalue weighted by Crippen LogP contribution is -1.93. The van der Waals surface area contributed by atoms with Crippen molar-refractivity contribution in [2.24, 2.45) is 0 Å². The first-order valence-electron chi connectivity index (χ1n) is 8.49. The third-order valence-electron chi connectivity index (χ3n) is 3.77. The van der Waals surface area contributed by atoms with Crippen LogP contribution >= 0.6 is 0 Å². The quantitative estimate of drug-likeness (QED) is 0.374. The number of ether oxygens (including phenoxy) is 1. The van der Waals surface area contributed by atoms with E-state index in [1.165, 1.54) is 38.5 Å². The molecular weight excluding hydrogens is 264 g/mol. The molecule has 0 spiro atoms. The van der Waals surface area contributed by atoms with Gasteiger partial charge in [-0.3, -0.25) is 4.79 Å². The van der Waals surface area contributed by atoms with Crippen LogP contribution in [0.5, 0.6) is 0 Å². The van der Waals surface area contributed by atoms with Gasteiger partial charge in [0.25, 0.3) is 0 Å². The Balaban J connectivity index is 1.88. The Morgan fingerprint density at radius 2 is 1.90 bits per heavy atom. The maximum absolute atomic E-state index is 10.3. The molecule has 0 saturated carbocycles. The van der Waals surface area contributed by atoms with Crippen molar-refractivity contribution in [3.05, 3.63) is 24.0 Å². The average Bonchev–Trinajstić information content (AvgIpc) is 3.19. The molecule has 1 heterocycles. The number of allylic oxidation sites excluding steroid dienone is 3. The minimum Gasteiger partial charge on any atom is -0.483 e. The predicted octanol–water partition coefficient (Wildman–Crippen LogP) is 5.22. The van der Waals surface area contributed by atoms with E-state index in [-0.39, 0.29) is 0 Å². The van der Waals surface area contributed by atoms with Crippen molar-refractivity contribution < 1.29 is 14.6 Å². The van der Waals surface area contributed by atoms with Crippen LogP contribution in [0.4, 0.5) is 0 Å². The molecule has 0 aromatic carbocycles. The number of hydrogen-bond acceptors (Lipinski definition) is 2. The fourth-order valence-corrected chi connectivity index (χ4v) is 2.39. The van der Waals surface area contributed by atoms with Gasteiger partial charge < -0.3 is 9.84 Å². The summed E-state index contributed by atoms with van der Waals surface area (Å²) in [5.74, 6) is 0.470. The van der Waals surface area contributed by atoms with Gasteiger partial charge in [0.2, 0.25) is 0 Å². The van der Waals surface area contributed by atoms with Crippen molar-refractivity contribution in [2.75, 3.05) is 0 Å². The minimum absolute atomic E-state index is 0.312. The van der Waals surface area contributed by atoms with E-state index in [0.29, 0.717) is 12.5 Å². The second-order valence-electron chi connectivity index (χ2n) is 5.80. The van der Waals surface area contributed by atoms with Crippen LogP contribution in [0.25, 0.3) is 0 Å². The van der Waals surface area contributed by atoms with Gasteiger partial charge in [-0.1, -0.05) is 51.2 Å². The highest BCUT2D eigenvalue weighted by Crippen LogP contribution is 2.31. The molecule has 0 amide bonds. The van der Waals surface area contributed by atoms with Crippen LogP contribution in [0.1, 0.15) is 77.6 Å². The van der Waals surface area contributed by atoms with Crippen LogP contribution in [0.2, 0.25) is 0 Å². The molecule has 3 heteroatoms. The molecule has 1 unspecified atom stereocenters. The minimum atomic E-state index is -0.679. The molecule has 1 N–H and O–H groups in total. The van der Waals surface area contributed by atoms with Crippen LogP contribution in [-0.4, -0.2) is 17.2 Å². The number of aliphatic carboxylic acids is 1. The smallest absolute Gasteiger partial charge is 0.303 e. The summed E-state index contributed by atoms with van der Waals surface area (Å²) in [7, 11) is 0. The molecule has 0 aliphatic carbocycles. The number of epoxide rings is 1. The average molecular weight is 294 g/mol. The second-order valence-corrected chi connectivity index (χ2v) is 5.80. The highest BCUT2D eigenvalue weighted by Gasteiger charge is 2.30. The lowest BCUT2D eigenvalue weighted by molar-refractivity contribution is -0.137. The summed E-state index contributed by atoms with van der Waals surface area (Å²) in [5, 5.41) is 8.52. The Labute approximate surface area is 129 Å². The molecule has 1 atom stereocenters. The molecule has 0 bridgehead atoms. The van der Waals surface area contributed by atoms with Crippen molar-refractivity contribution in [1.29, 1.82) is 0 Å². The van der Waals surface area contributed by atoms with E-state index >= 15 is 0 Å². The van der Waals surface area contributed by atoms with Crippen LogP contribution in [0.15, 0.2) is 24.0 Å². The van der Waals surface area contributed by atoms with Gasteiger partial charge in [-0.15, -0.1) is 0 Å². The highest BCUT2D eigenvalue weighted by atomic mass is 16.6. The van der Waals surface area contributed by atoms with E-state index in [1.807, 2.05) is 0 Å². The van der Waals surface area contributed by atoms with Crippen molar-refractivity contribution in [3.63, 3.8) is 0 Å². The van der Waals surface area contributed by atoms with E-state index in [1.54, 1.807) is 0 Å². The Morgan fingerprint density at radius 3 is 2.67 bits per heavy atom. The van der Waals surface area contributed by atoms with Crippen LogP contribution in [-0.2, 0) is 9.53 Å². The number of carboxylic acid groups (broad SMARTS) is 1. The SMILES string of the molecule is CCCCCC1O/C1=C\C=C\CCCCCCCC(=O)O. The molecule has 0 radical (unpaired) electrons. The monoisotopic (exact) mass is 294 g/mol. The molecule has 1 saturated heterocycles. The van der Waals surface area contributed by atoms with Gasteiger partial charge in [0.05, 0.1) is 0 Å². The first kappa shape index (κ1) is 17.8. The Hall–Kier alpha value is -1.25. The van der Waals surface area contributed by atoms with Crippen LogP contribution in [0, 0.1) is 0 Å². The molecule has 1 fully saturated rings. The van der Waals surface area contributed by atoms with Crippen LogP contribution < -0.4 is 0 Å². The summed E-state index contributed by atoms with van der Waals surface area (Å²) in [5.41, 5.74) is 0. The zero-order valence-corrected chi connectivity index (χ0v) is 13.4. The van der Waals surface area contributed by atoms with E-state index < -0.39 is 5.97 Å². The third kappa shape index (κ3) is 10.2. The normalized spacial score (nSPS) is 19.1. The summed E-state index contributed by atoms with van der Waals surface area (Å²) in [6, 6.07) is 0. The van der Waals surface area contributed by atoms with Gasteiger partial charge in [-0.25, -0.2) is 0 Å². The summed E-state index contributed by atoms with van der Waals surface area (Å²) < 4.78 is 5.52. The van der Waals surface area contributed by atoms with Crippen molar-refractivity contribution in [2.45, 2.75) is 83.7 Å². The molecular formula is C18H30O3. The maximum Gasteiger partial charge on any atom is 0.303 e. The zero-order chi connectivity index (χ0) is 15.3. The Morgan fingerprint density at radius 1 is 1.14 bits per heavy atom. The lowest BCUT2D eigenvalue weighted by Gasteiger charge is -1.97. The van der Waals surface area contributed by atoms with Crippen LogP contribution in [0.3, 0.4) is 0 Å². The fraction of sp³-hybridized carbons (Fsp3) is 0.722. The second kappa shape index (κ2) is 11.4. The number of carboxylic acids is 1. The molecule has 0 aromatic heterocycles. The van der Waals surface area contributed by atoms with E-state index in [0.717, 1.165) is 31.4 Å². The van der Waals surface area contributed by atoms with Gasteiger partial charge >= 0.3 is 5.97 Å². The maximum atomic E-state index is 10.3. The Bertz CT molecular complexity index is 344. The largest absolute Gasteiger partial charge is 0.483 e. The first-order chi connectivity index (χ1) is 10.2. The molecule has 1 aliphatic rings. The summed E-state index contributed by atoms with van der Waals surface area (Å²) in [4.78, 5) is 10.3. The lowest BCUT2D eigenvalue weighted by atomic mass is 10.1. The van der Waals surface area contributed by atoms with E-state index in [2.05, 4.69) is 25.2 Å². The molecule has 3 nitrogen and oxygen atoms in total. The third-order valence-corrected chi connectivity index (χ3v) is 3.77. The standard InChI is InChI=1S/C18H30O3/c1-2-3-10-13-16-17(21-16)14-11-8-6-4-5-7-9-12-15-18(19)20/h8,11,14,16H,2-7,9-10,12-13,15H2,1H3,(H,19,20)/b11-8+,17-14-. The number of unbranched alkanes of at least 4 members (excludes halogenated alkanes) is 7. The summed E-state index contributed by atoms with van der Waals surface area (Å²) >= 11 is 0. The topological polar surface area (TPSA) is 49.8 Å². The van der Waals surface area contributed by atoms with Gasteiger partial charge in [0, 0.05) is 6.42 Å². The molecule has 1 aliphatic heterocycles. The number of carbonyl (C=O) groups is 1. The summed E-state index contributed by atoms with van der Waals surface area (Å²) in [6.07, 6.45) is 18.6. The van der Waals surface area contributed by atoms with Gasteiger partial charge in [0.1, 0.15) is 5.76 Å². The van der Waals surface area contributed by atoms with Crippen molar-refractivity contribution >= 4 is 5.97 Å². The predicted molar refractivity (Wildman–Crippen MR) is 86.2 cm³/mol. The highest BCUT2D eigenvalue weighted by molar-refractivity contribution is 5.66. The van der Waals surface area contributed by atoms with Gasteiger partial charge in [-0.2, -0.15) is 0 Å². The van der Waals surface area contributed by atoms with Crippen molar-refractivity contribution in [1.82, 2.24) is 0 Å². The number of rotatable bonds is 13. The summed E-state index contributed by atoms with van der Waals surface area (Å²) in [6.45, 7) is 2.22. The molecule has 21 heavy (non-hydrogen) atoms. The number of hydrogen-bond donors (Lipinski definition) is 1. The van der Waals surface area contributed by atoms with Crippen molar-refractivity contribution in [3.8, 4) is 0 Å². The van der Waals surface area contributed by atoms with Gasteiger partial charge in [-0.05, 0) is 38.2 Å². The first-order valence-corrected chi connectivity index (χ1v) is 8.49.